The van der Waals surface area contributed by atoms with Gasteiger partial charge >= 0.3 is 5.97 Å². The van der Waals surface area contributed by atoms with Crippen molar-refractivity contribution in [3.8, 4) is 5.69 Å². The van der Waals surface area contributed by atoms with E-state index >= 15 is 0 Å². The van der Waals surface area contributed by atoms with Crippen LogP contribution in [0.2, 0.25) is 0 Å². The van der Waals surface area contributed by atoms with E-state index in [-0.39, 0.29) is 11.6 Å². The van der Waals surface area contributed by atoms with Gasteiger partial charge in [0, 0.05) is 0 Å². The van der Waals surface area contributed by atoms with Gasteiger partial charge in [0.15, 0.2) is 5.69 Å². The number of carboxylic acid groups (broad SMARTS) is 1. The molecular weight excluding hydrogens is 296 g/mol. The normalized spacial score (nSPS) is 12.2. The van der Waals surface area contributed by atoms with Gasteiger partial charge in [0.1, 0.15) is 6.04 Å². The Hall–Kier alpha value is -2.70. The van der Waals surface area contributed by atoms with Gasteiger partial charge in [-0.05, 0) is 37.5 Å². The fourth-order valence-corrected chi connectivity index (χ4v) is 2.27. The van der Waals surface area contributed by atoms with Crippen LogP contribution in [0.4, 0.5) is 0 Å². The van der Waals surface area contributed by atoms with Gasteiger partial charge in [-0.2, -0.15) is 0 Å². The molecule has 0 aliphatic heterocycles. The van der Waals surface area contributed by atoms with E-state index in [2.05, 4.69) is 15.6 Å². The van der Waals surface area contributed by atoms with Crippen molar-refractivity contribution < 1.29 is 14.7 Å². The molecule has 1 amide bonds. The highest BCUT2D eigenvalue weighted by Crippen LogP contribution is 2.14. The molecule has 0 bridgehead atoms. The van der Waals surface area contributed by atoms with Gasteiger partial charge in [0.05, 0.1) is 11.4 Å². The molecule has 0 fully saturated rings. The Morgan fingerprint density at radius 3 is 2.52 bits per heavy atom. The molecule has 2 aromatic rings. The quantitative estimate of drug-likeness (QED) is 0.875. The summed E-state index contributed by atoms with van der Waals surface area (Å²) in [4.78, 5) is 23.5. The molecule has 0 radical (unpaired) electrons. The monoisotopic (exact) mass is 316 g/mol. The number of benzene rings is 1. The molecule has 0 unspecified atom stereocenters. The van der Waals surface area contributed by atoms with Crippen molar-refractivity contribution in [1.82, 2.24) is 20.3 Å². The Balaban J connectivity index is 2.28. The maximum absolute atomic E-state index is 12.3. The number of nitrogens with one attached hydrogen (secondary N) is 1. The van der Waals surface area contributed by atoms with Crippen molar-refractivity contribution in [1.29, 1.82) is 0 Å². The lowest BCUT2D eigenvalue weighted by atomic mass is 10.0. The summed E-state index contributed by atoms with van der Waals surface area (Å²) in [5.74, 6) is -1.84. The first-order valence-corrected chi connectivity index (χ1v) is 7.34. The maximum Gasteiger partial charge on any atom is 0.326 e. The van der Waals surface area contributed by atoms with E-state index in [1.807, 2.05) is 31.2 Å². The number of carbonyl (C=O) groups is 2. The van der Waals surface area contributed by atoms with Crippen molar-refractivity contribution >= 4 is 11.9 Å². The smallest absolute Gasteiger partial charge is 0.326 e. The second kappa shape index (κ2) is 6.60. The average molecular weight is 316 g/mol. The van der Waals surface area contributed by atoms with Crippen LogP contribution in [-0.4, -0.2) is 38.0 Å². The second-order valence-corrected chi connectivity index (χ2v) is 5.81. The molecule has 7 nitrogen and oxygen atoms in total. The number of aryl methyl sites for hydroxylation is 1. The third-order valence-corrected chi connectivity index (χ3v) is 3.58. The zero-order valence-corrected chi connectivity index (χ0v) is 13.6. The standard InChI is InChI=1S/C16H20N4O3/c1-9(2)13(16(22)23)17-15(21)14-11(4)20(19-18-14)12-7-5-6-10(3)8-12/h5-9,13H,1-4H3,(H,17,21)(H,22,23)/t13-/m1/s1. The fraction of sp³-hybridized carbons (Fsp3) is 0.375. The zero-order chi connectivity index (χ0) is 17.1. The summed E-state index contributed by atoms with van der Waals surface area (Å²) < 4.78 is 1.56. The van der Waals surface area contributed by atoms with Crippen LogP contribution in [0.1, 0.15) is 35.6 Å². The number of aliphatic carboxylic acids is 1. The maximum atomic E-state index is 12.3. The summed E-state index contributed by atoms with van der Waals surface area (Å²) >= 11 is 0. The highest BCUT2D eigenvalue weighted by Gasteiger charge is 2.26. The molecule has 23 heavy (non-hydrogen) atoms. The lowest BCUT2D eigenvalue weighted by Gasteiger charge is -2.17. The zero-order valence-electron chi connectivity index (χ0n) is 13.6. The molecule has 0 aliphatic carbocycles. The minimum atomic E-state index is -1.07. The van der Waals surface area contributed by atoms with Gasteiger partial charge in [-0.3, -0.25) is 4.79 Å². The fourth-order valence-electron chi connectivity index (χ4n) is 2.27. The topological polar surface area (TPSA) is 97.1 Å². The molecule has 1 aromatic heterocycles. The number of rotatable bonds is 5. The van der Waals surface area contributed by atoms with Crippen LogP contribution in [-0.2, 0) is 4.79 Å². The molecule has 122 valence electrons. The van der Waals surface area contributed by atoms with E-state index in [1.165, 1.54) is 0 Å². The van der Waals surface area contributed by atoms with Crippen molar-refractivity contribution in [2.75, 3.05) is 0 Å². The molecule has 1 heterocycles. The largest absolute Gasteiger partial charge is 0.480 e. The Morgan fingerprint density at radius 2 is 1.96 bits per heavy atom. The van der Waals surface area contributed by atoms with Crippen LogP contribution in [0.15, 0.2) is 24.3 Å². The Morgan fingerprint density at radius 1 is 1.26 bits per heavy atom. The summed E-state index contributed by atoms with van der Waals surface area (Å²) in [5.41, 5.74) is 2.54. The van der Waals surface area contributed by atoms with Crippen LogP contribution < -0.4 is 5.32 Å². The van der Waals surface area contributed by atoms with Gasteiger partial charge in [-0.25, -0.2) is 9.48 Å². The molecule has 1 aromatic carbocycles. The third kappa shape index (κ3) is 3.56. The van der Waals surface area contributed by atoms with E-state index in [4.69, 9.17) is 5.11 Å². The number of nitrogens with zero attached hydrogens (tertiary/aromatic N) is 3. The SMILES string of the molecule is Cc1cccc(-n2nnc(C(=O)N[C@@H](C(=O)O)C(C)C)c2C)c1. The van der Waals surface area contributed by atoms with E-state index in [9.17, 15) is 9.59 Å². The number of hydrogen-bond acceptors (Lipinski definition) is 4. The molecule has 0 aliphatic rings. The van der Waals surface area contributed by atoms with Crippen LogP contribution in [0.3, 0.4) is 0 Å². The molecule has 2 N–H and O–H groups in total. The lowest BCUT2D eigenvalue weighted by Crippen LogP contribution is -2.44. The average Bonchev–Trinajstić information content (AvgIpc) is 2.85. The van der Waals surface area contributed by atoms with Gasteiger partial charge in [-0.1, -0.05) is 31.2 Å². The van der Waals surface area contributed by atoms with E-state index in [0.29, 0.717) is 5.69 Å². The van der Waals surface area contributed by atoms with Crippen LogP contribution in [0.5, 0.6) is 0 Å². The summed E-state index contributed by atoms with van der Waals surface area (Å²) in [5, 5.41) is 19.6. The molecule has 7 heteroatoms. The molecular formula is C16H20N4O3. The highest BCUT2D eigenvalue weighted by atomic mass is 16.4. The number of hydrogen-bond donors (Lipinski definition) is 2. The van der Waals surface area contributed by atoms with E-state index in [0.717, 1.165) is 11.3 Å². The number of carboxylic acids is 1. The summed E-state index contributed by atoms with van der Waals surface area (Å²) in [6.45, 7) is 7.15. The predicted molar refractivity (Wildman–Crippen MR) is 84.6 cm³/mol. The van der Waals surface area contributed by atoms with Gasteiger partial charge in [-0.15, -0.1) is 5.10 Å². The number of aromatic nitrogens is 3. The second-order valence-electron chi connectivity index (χ2n) is 5.81. The Labute approximate surface area is 134 Å². The minimum Gasteiger partial charge on any atom is -0.480 e. The van der Waals surface area contributed by atoms with Crippen LogP contribution in [0, 0.1) is 19.8 Å². The Kier molecular flexibility index (Phi) is 4.78. The summed E-state index contributed by atoms with van der Waals surface area (Å²) in [6, 6.07) is 6.68. The van der Waals surface area contributed by atoms with Crippen LogP contribution >= 0.6 is 0 Å². The van der Waals surface area contributed by atoms with Gasteiger partial charge in [0.2, 0.25) is 0 Å². The molecule has 1 atom stereocenters. The summed E-state index contributed by atoms with van der Waals surface area (Å²) in [6.07, 6.45) is 0. The molecule has 0 saturated carbocycles. The van der Waals surface area contributed by atoms with Crippen molar-refractivity contribution in [3.63, 3.8) is 0 Å². The minimum absolute atomic E-state index is 0.124. The Bertz CT molecular complexity index is 737. The van der Waals surface area contributed by atoms with Crippen molar-refractivity contribution in [2.45, 2.75) is 33.7 Å². The van der Waals surface area contributed by atoms with Gasteiger partial charge < -0.3 is 10.4 Å². The van der Waals surface area contributed by atoms with Gasteiger partial charge in [0.25, 0.3) is 5.91 Å². The number of carbonyl (C=O) groups excluding carboxylic acids is 1. The van der Waals surface area contributed by atoms with Crippen molar-refractivity contribution in [2.24, 2.45) is 5.92 Å². The first-order valence-electron chi connectivity index (χ1n) is 7.34. The third-order valence-electron chi connectivity index (χ3n) is 3.58. The van der Waals surface area contributed by atoms with E-state index < -0.39 is 17.9 Å². The molecule has 2 rings (SSSR count). The summed E-state index contributed by atoms with van der Waals surface area (Å²) in [7, 11) is 0. The van der Waals surface area contributed by atoms with E-state index in [1.54, 1.807) is 25.5 Å². The number of amides is 1. The predicted octanol–water partition coefficient (Wildman–Crippen LogP) is 1.72. The lowest BCUT2D eigenvalue weighted by molar-refractivity contribution is -0.140. The molecule has 0 saturated heterocycles. The van der Waals surface area contributed by atoms with Crippen molar-refractivity contribution in [3.05, 3.63) is 41.2 Å². The molecule has 0 spiro atoms. The van der Waals surface area contributed by atoms with Crippen LogP contribution in [0.25, 0.3) is 5.69 Å². The first kappa shape index (κ1) is 16.7. The first-order chi connectivity index (χ1) is 10.8. The highest BCUT2D eigenvalue weighted by molar-refractivity contribution is 5.95.